The normalized spacial score (nSPS) is 14.0. The number of carbonyl (C=O) groups excluding carboxylic acids is 2. The third-order valence-corrected chi connectivity index (χ3v) is 4.53. The van der Waals surface area contributed by atoms with Crippen molar-refractivity contribution in [2.75, 3.05) is 18.0 Å². The van der Waals surface area contributed by atoms with Crippen LogP contribution in [0, 0.1) is 5.82 Å². The summed E-state index contributed by atoms with van der Waals surface area (Å²) in [6.07, 6.45) is 1.69. The summed E-state index contributed by atoms with van der Waals surface area (Å²) in [6.45, 7) is 0.928. The zero-order chi connectivity index (χ0) is 17.8. The third-order valence-electron chi connectivity index (χ3n) is 4.21. The number of carbonyl (C=O) groups is 2. The first kappa shape index (κ1) is 17.4. The highest BCUT2D eigenvalue weighted by molar-refractivity contribution is 6.34. The highest BCUT2D eigenvalue weighted by atomic mass is 35.5. The van der Waals surface area contributed by atoms with E-state index in [9.17, 15) is 14.0 Å². The van der Waals surface area contributed by atoms with E-state index in [1.165, 1.54) is 6.07 Å². The number of nitrogens with one attached hydrogen (secondary N) is 1. The molecule has 0 atom stereocenters. The Morgan fingerprint density at radius 1 is 1.24 bits per heavy atom. The molecule has 0 radical (unpaired) electrons. The Hall–Kier alpha value is -2.40. The Bertz CT molecular complexity index is 810. The summed E-state index contributed by atoms with van der Waals surface area (Å²) in [5.74, 6) is -0.544. The second kappa shape index (κ2) is 7.66. The fraction of sp³-hybridized carbons (Fsp3) is 0.263. The van der Waals surface area contributed by atoms with Gasteiger partial charge in [-0.25, -0.2) is 4.39 Å². The van der Waals surface area contributed by atoms with E-state index in [2.05, 4.69) is 5.32 Å². The van der Waals surface area contributed by atoms with E-state index in [0.717, 1.165) is 6.42 Å². The van der Waals surface area contributed by atoms with Gasteiger partial charge in [0.15, 0.2) is 0 Å². The molecule has 1 fully saturated rings. The minimum Gasteiger partial charge on any atom is -0.352 e. The number of anilines is 1. The molecular formula is C19H18ClFN2O2. The van der Waals surface area contributed by atoms with E-state index >= 15 is 0 Å². The van der Waals surface area contributed by atoms with E-state index in [-0.39, 0.29) is 17.6 Å². The monoisotopic (exact) mass is 360 g/mol. The van der Waals surface area contributed by atoms with Gasteiger partial charge in [-0.1, -0.05) is 29.8 Å². The highest BCUT2D eigenvalue weighted by Gasteiger charge is 2.24. The number of hydrogen-bond acceptors (Lipinski definition) is 2. The van der Waals surface area contributed by atoms with Gasteiger partial charge in [-0.3, -0.25) is 9.59 Å². The molecular weight excluding hydrogens is 343 g/mol. The Morgan fingerprint density at radius 2 is 2.04 bits per heavy atom. The lowest BCUT2D eigenvalue weighted by atomic mass is 10.1. The van der Waals surface area contributed by atoms with Crippen molar-refractivity contribution in [3.63, 3.8) is 0 Å². The zero-order valence-corrected chi connectivity index (χ0v) is 14.4. The number of nitrogens with zero attached hydrogens (tertiary/aromatic N) is 1. The first-order valence-electron chi connectivity index (χ1n) is 8.18. The minimum atomic E-state index is -0.280. The van der Waals surface area contributed by atoms with Crippen molar-refractivity contribution in [1.29, 1.82) is 0 Å². The lowest BCUT2D eigenvalue weighted by Gasteiger charge is -2.18. The summed E-state index contributed by atoms with van der Waals surface area (Å²) in [5, 5.41) is 3.21. The number of halogens is 2. The van der Waals surface area contributed by atoms with Crippen molar-refractivity contribution in [1.82, 2.24) is 5.32 Å². The van der Waals surface area contributed by atoms with Crippen molar-refractivity contribution in [2.45, 2.75) is 19.3 Å². The van der Waals surface area contributed by atoms with Gasteiger partial charge in [0.25, 0.3) is 5.91 Å². The van der Waals surface area contributed by atoms with Crippen molar-refractivity contribution in [2.24, 2.45) is 0 Å². The predicted octanol–water partition coefficient (Wildman–Crippen LogP) is 3.58. The molecule has 130 valence electrons. The van der Waals surface area contributed by atoms with Crippen LogP contribution in [0.3, 0.4) is 0 Å². The maximum Gasteiger partial charge on any atom is 0.251 e. The number of benzene rings is 2. The van der Waals surface area contributed by atoms with Gasteiger partial charge in [0, 0.05) is 25.1 Å². The number of amides is 2. The van der Waals surface area contributed by atoms with E-state index in [1.54, 1.807) is 41.3 Å². The van der Waals surface area contributed by atoms with Crippen molar-refractivity contribution in [3.8, 4) is 0 Å². The van der Waals surface area contributed by atoms with Gasteiger partial charge in [-0.2, -0.15) is 0 Å². The summed E-state index contributed by atoms with van der Waals surface area (Å²) in [5.41, 5.74) is 1.54. The molecule has 3 rings (SSSR count). The fourth-order valence-electron chi connectivity index (χ4n) is 2.88. The van der Waals surface area contributed by atoms with Crippen LogP contribution in [0.25, 0.3) is 0 Å². The molecule has 2 amide bonds. The van der Waals surface area contributed by atoms with E-state index in [4.69, 9.17) is 11.6 Å². The number of rotatable bonds is 5. The van der Waals surface area contributed by atoms with Gasteiger partial charge in [0.05, 0.1) is 10.7 Å². The molecule has 1 N–H and O–H groups in total. The summed E-state index contributed by atoms with van der Waals surface area (Å²) in [7, 11) is 0. The van der Waals surface area contributed by atoms with Crippen LogP contribution in [0.5, 0.6) is 0 Å². The molecule has 0 unspecified atom stereocenters. The largest absolute Gasteiger partial charge is 0.352 e. The average Bonchev–Trinajstić information content (AvgIpc) is 3.03. The molecule has 0 aliphatic carbocycles. The molecule has 1 heterocycles. The molecule has 1 saturated heterocycles. The van der Waals surface area contributed by atoms with Crippen LogP contribution < -0.4 is 10.2 Å². The molecule has 0 spiro atoms. The van der Waals surface area contributed by atoms with Crippen LogP contribution in [0.1, 0.15) is 28.8 Å². The molecule has 0 saturated carbocycles. The Labute approximate surface area is 150 Å². The standard InChI is InChI=1S/C19H18ClFN2O2/c20-15-8-7-14(12-17(15)23-11-3-6-18(23)24)19(25)22-10-9-13-4-1-2-5-16(13)21/h1-2,4-5,7-8,12H,3,6,9-11H2,(H,22,25). The smallest absolute Gasteiger partial charge is 0.251 e. The van der Waals surface area contributed by atoms with Gasteiger partial charge in [-0.15, -0.1) is 0 Å². The summed E-state index contributed by atoms with van der Waals surface area (Å²) in [4.78, 5) is 25.8. The minimum absolute atomic E-state index is 0.0130. The summed E-state index contributed by atoms with van der Waals surface area (Å²) < 4.78 is 13.6. The second-order valence-electron chi connectivity index (χ2n) is 5.91. The van der Waals surface area contributed by atoms with Crippen LogP contribution in [-0.4, -0.2) is 24.9 Å². The molecule has 2 aromatic carbocycles. The van der Waals surface area contributed by atoms with E-state index in [1.807, 2.05) is 0 Å². The maximum atomic E-state index is 13.6. The van der Waals surface area contributed by atoms with Crippen LogP contribution >= 0.6 is 11.6 Å². The zero-order valence-electron chi connectivity index (χ0n) is 13.6. The van der Waals surface area contributed by atoms with E-state index < -0.39 is 0 Å². The van der Waals surface area contributed by atoms with Gasteiger partial charge in [0.2, 0.25) is 5.91 Å². The third kappa shape index (κ3) is 3.99. The lowest BCUT2D eigenvalue weighted by molar-refractivity contribution is -0.117. The Balaban J connectivity index is 1.66. The Morgan fingerprint density at radius 3 is 2.76 bits per heavy atom. The van der Waals surface area contributed by atoms with Gasteiger partial charge < -0.3 is 10.2 Å². The molecule has 1 aliphatic rings. The van der Waals surface area contributed by atoms with Crippen molar-refractivity contribution >= 4 is 29.1 Å². The molecule has 6 heteroatoms. The first-order chi connectivity index (χ1) is 12.1. The molecule has 1 aliphatic heterocycles. The second-order valence-corrected chi connectivity index (χ2v) is 6.32. The SMILES string of the molecule is O=C(NCCc1ccccc1F)c1ccc(Cl)c(N2CCCC2=O)c1. The summed E-state index contributed by atoms with van der Waals surface area (Å²) >= 11 is 6.18. The highest BCUT2D eigenvalue weighted by Crippen LogP contribution is 2.30. The summed E-state index contributed by atoms with van der Waals surface area (Å²) in [6, 6.07) is 11.4. The maximum absolute atomic E-state index is 13.6. The molecule has 2 aromatic rings. The Kier molecular flexibility index (Phi) is 5.34. The van der Waals surface area contributed by atoms with Gasteiger partial charge in [-0.05, 0) is 42.7 Å². The lowest BCUT2D eigenvalue weighted by Crippen LogP contribution is -2.27. The van der Waals surface area contributed by atoms with Crippen LogP contribution in [-0.2, 0) is 11.2 Å². The molecule has 25 heavy (non-hydrogen) atoms. The van der Waals surface area contributed by atoms with Crippen LogP contribution in [0.4, 0.5) is 10.1 Å². The molecule has 0 bridgehead atoms. The fourth-order valence-corrected chi connectivity index (χ4v) is 3.10. The van der Waals surface area contributed by atoms with Crippen molar-refractivity contribution < 1.29 is 14.0 Å². The topological polar surface area (TPSA) is 49.4 Å². The van der Waals surface area contributed by atoms with E-state index in [0.29, 0.717) is 47.8 Å². The average molecular weight is 361 g/mol. The molecule has 0 aromatic heterocycles. The van der Waals surface area contributed by atoms with Crippen LogP contribution in [0.15, 0.2) is 42.5 Å². The van der Waals surface area contributed by atoms with Gasteiger partial charge >= 0.3 is 0 Å². The van der Waals surface area contributed by atoms with Gasteiger partial charge in [0.1, 0.15) is 5.82 Å². The molecule has 4 nitrogen and oxygen atoms in total. The predicted molar refractivity (Wildman–Crippen MR) is 95.5 cm³/mol. The first-order valence-corrected chi connectivity index (χ1v) is 8.55. The quantitative estimate of drug-likeness (QED) is 0.886. The van der Waals surface area contributed by atoms with Crippen molar-refractivity contribution in [3.05, 3.63) is 64.4 Å². The number of hydrogen-bond donors (Lipinski definition) is 1. The van der Waals surface area contributed by atoms with Crippen LogP contribution in [0.2, 0.25) is 5.02 Å².